The molecule has 21 heavy (non-hydrogen) atoms. The fourth-order valence-corrected chi connectivity index (χ4v) is 3.63. The lowest BCUT2D eigenvalue weighted by atomic mass is 10.2. The lowest BCUT2D eigenvalue weighted by Crippen LogP contribution is -2.49. The Labute approximate surface area is 126 Å². The number of amides is 1. The van der Waals surface area contributed by atoms with Crippen LogP contribution in [0.3, 0.4) is 0 Å². The maximum Gasteiger partial charge on any atom is 0.266 e. The predicted molar refractivity (Wildman–Crippen MR) is 77.5 cm³/mol. The van der Waals surface area contributed by atoms with Crippen molar-refractivity contribution in [3.63, 3.8) is 0 Å². The lowest BCUT2D eigenvalue weighted by molar-refractivity contribution is 0.0632. The van der Waals surface area contributed by atoms with Gasteiger partial charge in [-0.2, -0.15) is 4.68 Å². The molecule has 1 aliphatic heterocycles. The van der Waals surface area contributed by atoms with Crippen LogP contribution in [0, 0.1) is 0 Å². The van der Waals surface area contributed by atoms with Crippen LogP contribution in [0.1, 0.15) is 22.5 Å². The Bertz CT molecular complexity index is 627. The Morgan fingerprint density at radius 2 is 2.05 bits per heavy atom. The topological polar surface area (TPSA) is 67.2 Å². The summed E-state index contributed by atoms with van der Waals surface area (Å²) in [5.41, 5.74) is 0.764. The van der Waals surface area contributed by atoms with E-state index in [1.165, 1.54) is 30.5 Å². The molecule has 110 valence electrons. The van der Waals surface area contributed by atoms with E-state index in [1.54, 1.807) is 4.68 Å². The molecule has 2 aliphatic rings. The van der Waals surface area contributed by atoms with Crippen molar-refractivity contribution >= 4 is 17.2 Å². The van der Waals surface area contributed by atoms with Crippen molar-refractivity contribution < 1.29 is 4.79 Å². The average molecular weight is 304 g/mol. The molecule has 1 aliphatic carbocycles. The third-order valence-corrected chi connectivity index (χ3v) is 4.99. The minimum absolute atomic E-state index is 0.0888. The Hall–Kier alpha value is -1.80. The van der Waals surface area contributed by atoms with E-state index >= 15 is 0 Å². The molecule has 3 heterocycles. The van der Waals surface area contributed by atoms with Crippen molar-refractivity contribution in [3.05, 3.63) is 22.7 Å². The van der Waals surface area contributed by atoms with Gasteiger partial charge in [0, 0.05) is 32.2 Å². The summed E-state index contributed by atoms with van der Waals surface area (Å²) in [6, 6.07) is 2.66. The minimum Gasteiger partial charge on any atom is -0.335 e. The van der Waals surface area contributed by atoms with Crippen LogP contribution in [-0.2, 0) is 0 Å². The number of tetrazole rings is 1. The molecule has 0 aromatic carbocycles. The molecule has 2 fully saturated rings. The Kier molecular flexibility index (Phi) is 3.19. The van der Waals surface area contributed by atoms with Crippen molar-refractivity contribution in [3.8, 4) is 5.69 Å². The Balaban J connectivity index is 1.49. The predicted octanol–water partition coefficient (Wildman–Crippen LogP) is 0.644. The molecule has 1 amide bonds. The van der Waals surface area contributed by atoms with E-state index < -0.39 is 0 Å². The average Bonchev–Trinajstić information content (AvgIpc) is 3.03. The summed E-state index contributed by atoms with van der Waals surface area (Å²) in [5.74, 6) is 0.0888. The molecule has 4 rings (SSSR count). The molecule has 0 atom stereocenters. The van der Waals surface area contributed by atoms with Gasteiger partial charge in [0.1, 0.15) is 11.2 Å². The van der Waals surface area contributed by atoms with Crippen LogP contribution in [-0.4, -0.2) is 68.1 Å². The van der Waals surface area contributed by atoms with E-state index in [2.05, 4.69) is 20.4 Å². The van der Waals surface area contributed by atoms with Gasteiger partial charge in [0.25, 0.3) is 5.91 Å². The number of hydrogen-bond donors (Lipinski definition) is 0. The molecule has 2 aromatic rings. The second-order valence-corrected chi connectivity index (χ2v) is 6.36. The highest BCUT2D eigenvalue weighted by Crippen LogP contribution is 2.28. The Morgan fingerprint density at radius 3 is 2.71 bits per heavy atom. The van der Waals surface area contributed by atoms with Crippen LogP contribution >= 0.6 is 11.3 Å². The van der Waals surface area contributed by atoms with Crippen LogP contribution in [0.15, 0.2) is 17.8 Å². The highest BCUT2D eigenvalue weighted by atomic mass is 32.1. The monoisotopic (exact) mass is 304 g/mol. The maximum absolute atomic E-state index is 12.7. The molecule has 0 unspecified atom stereocenters. The summed E-state index contributed by atoms with van der Waals surface area (Å²) in [7, 11) is 0. The van der Waals surface area contributed by atoms with Gasteiger partial charge in [0.05, 0.1) is 5.69 Å². The van der Waals surface area contributed by atoms with Gasteiger partial charge in [-0.3, -0.25) is 9.69 Å². The molecule has 0 N–H and O–H groups in total. The molecule has 0 radical (unpaired) electrons. The first kappa shape index (κ1) is 12.9. The summed E-state index contributed by atoms with van der Waals surface area (Å²) in [6.45, 7) is 3.59. The number of nitrogens with zero attached hydrogens (tertiary/aromatic N) is 6. The number of hydrogen-bond acceptors (Lipinski definition) is 6. The zero-order chi connectivity index (χ0) is 14.2. The van der Waals surface area contributed by atoms with E-state index in [4.69, 9.17) is 0 Å². The number of aromatic nitrogens is 4. The van der Waals surface area contributed by atoms with Crippen LogP contribution in [0.25, 0.3) is 5.69 Å². The van der Waals surface area contributed by atoms with Crippen molar-refractivity contribution in [2.24, 2.45) is 0 Å². The molecule has 0 spiro atoms. The molecule has 1 saturated heterocycles. The van der Waals surface area contributed by atoms with Gasteiger partial charge in [0.15, 0.2) is 0 Å². The van der Waals surface area contributed by atoms with Crippen LogP contribution < -0.4 is 0 Å². The quantitative estimate of drug-likeness (QED) is 0.832. The van der Waals surface area contributed by atoms with E-state index in [-0.39, 0.29) is 5.91 Å². The fraction of sp³-hybridized carbons (Fsp3) is 0.538. The van der Waals surface area contributed by atoms with Crippen LogP contribution in [0.5, 0.6) is 0 Å². The maximum atomic E-state index is 12.7. The number of carbonyl (C=O) groups is 1. The van der Waals surface area contributed by atoms with Crippen LogP contribution in [0.4, 0.5) is 0 Å². The third kappa shape index (κ3) is 2.44. The van der Waals surface area contributed by atoms with E-state index in [1.807, 2.05) is 16.3 Å². The molecule has 0 bridgehead atoms. The first-order chi connectivity index (χ1) is 10.3. The van der Waals surface area contributed by atoms with Crippen molar-refractivity contribution in [2.75, 3.05) is 26.2 Å². The third-order valence-electron chi connectivity index (χ3n) is 4.10. The second kappa shape index (κ2) is 5.19. The van der Waals surface area contributed by atoms with Crippen molar-refractivity contribution in [1.29, 1.82) is 0 Å². The number of rotatable bonds is 3. The van der Waals surface area contributed by atoms with Gasteiger partial charge < -0.3 is 4.90 Å². The first-order valence-corrected chi connectivity index (χ1v) is 8.05. The molecule has 2 aromatic heterocycles. The summed E-state index contributed by atoms with van der Waals surface area (Å²) in [4.78, 5) is 17.9. The highest BCUT2D eigenvalue weighted by molar-refractivity contribution is 7.12. The first-order valence-electron chi connectivity index (χ1n) is 7.17. The molecular weight excluding hydrogens is 288 g/mol. The lowest BCUT2D eigenvalue weighted by Gasteiger charge is -2.34. The number of thiophene rings is 1. The normalized spacial score (nSPS) is 19.9. The van der Waals surface area contributed by atoms with E-state index in [9.17, 15) is 4.79 Å². The number of carbonyl (C=O) groups excluding carboxylic acids is 1. The zero-order valence-corrected chi connectivity index (χ0v) is 12.4. The van der Waals surface area contributed by atoms with Gasteiger partial charge in [-0.1, -0.05) is 0 Å². The SMILES string of the molecule is O=C(c1sccc1-n1cnnn1)N1CCN(C2CC2)CC1. The Morgan fingerprint density at radius 1 is 1.24 bits per heavy atom. The fourth-order valence-electron chi connectivity index (χ4n) is 2.79. The van der Waals surface area contributed by atoms with Gasteiger partial charge in [0.2, 0.25) is 0 Å². The minimum atomic E-state index is 0.0888. The van der Waals surface area contributed by atoms with Gasteiger partial charge in [-0.25, -0.2) is 0 Å². The summed E-state index contributed by atoms with van der Waals surface area (Å²) in [5, 5.41) is 13.0. The van der Waals surface area contributed by atoms with Gasteiger partial charge in [-0.05, 0) is 34.7 Å². The van der Waals surface area contributed by atoms with Gasteiger partial charge in [-0.15, -0.1) is 16.4 Å². The van der Waals surface area contributed by atoms with Crippen molar-refractivity contribution in [2.45, 2.75) is 18.9 Å². The standard InChI is InChI=1S/C13H16N6OS/c20-13(18-6-4-17(5-7-18)10-1-2-10)12-11(3-8-21-12)19-9-14-15-16-19/h3,8-10H,1-2,4-7H2. The summed E-state index contributed by atoms with van der Waals surface area (Å²) in [6.07, 6.45) is 4.16. The van der Waals surface area contributed by atoms with Crippen LogP contribution in [0.2, 0.25) is 0 Å². The van der Waals surface area contributed by atoms with Crippen molar-refractivity contribution in [1.82, 2.24) is 30.0 Å². The zero-order valence-electron chi connectivity index (χ0n) is 11.6. The summed E-state index contributed by atoms with van der Waals surface area (Å²) < 4.78 is 1.55. The smallest absolute Gasteiger partial charge is 0.266 e. The largest absolute Gasteiger partial charge is 0.335 e. The number of piperazine rings is 1. The molecule has 1 saturated carbocycles. The van der Waals surface area contributed by atoms with E-state index in [0.717, 1.165) is 37.9 Å². The highest BCUT2D eigenvalue weighted by Gasteiger charge is 2.33. The van der Waals surface area contributed by atoms with E-state index in [0.29, 0.717) is 4.88 Å². The molecular formula is C13H16N6OS. The molecule has 8 heteroatoms. The molecule has 7 nitrogen and oxygen atoms in total. The van der Waals surface area contributed by atoms with Gasteiger partial charge >= 0.3 is 0 Å². The summed E-state index contributed by atoms with van der Waals surface area (Å²) >= 11 is 1.45. The second-order valence-electron chi connectivity index (χ2n) is 5.45.